The number of hydrogen-bond acceptors (Lipinski definition) is 5. The highest BCUT2D eigenvalue weighted by atomic mass is 19.4. The van der Waals surface area contributed by atoms with Gasteiger partial charge in [0, 0.05) is 18.7 Å². The smallest absolute Gasteiger partial charge is 0.362 e. The molecule has 0 bridgehead atoms. The summed E-state index contributed by atoms with van der Waals surface area (Å²) in [6.07, 6.45) is -1.92. The van der Waals surface area contributed by atoms with Gasteiger partial charge in [0.15, 0.2) is 17.0 Å². The number of ether oxygens (including phenoxy) is 1. The second kappa shape index (κ2) is 7.80. The van der Waals surface area contributed by atoms with Gasteiger partial charge in [-0.1, -0.05) is 0 Å². The Hall–Kier alpha value is -3.80. The first kappa shape index (κ1) is 20.5. The lowest BCUT2D eigenvalue weighted by atomic mass is 10.1. The average molecular weight is 434 g/mol. The number of carbonyl (C=O) groups excluding carboxylic acids is 1. The van der Waals surface area contributed by atoms with Crippen molar-refractivity contribution < 1.29 is 27.1 Å². The molecule has 0 unspecified atom stereocenters. The predicted molar refractivity (Wildman–Crippen MR) is 101 cm³/mol. The molecule has 0 radical (unpaired) electrons. The Morgan fingerprint density at radius 2 is 1.94 bits per heavy atom. The maximum absolute atomic E-state index is 13.6. The molecule has 12 heteroatoms. The van der Waals surface area contributed by atoms with Gasteiger partial charge in [0.25, 0.3) is 5.91 Å². The molecule has 1 N–H and O–H groups in total. The number of nitrogens with one attached hydrogen (secondary N) is 1. The molecule has 8 nitrogen and oxygen atoms in total. The second-order valence-electron chi connectivity index (χ2n) is 6.47. The summed E-state index contributed by atoms with van der Waals surface area (Å²) in [4.78, 5) is 16.7. The van der Waals surface area contributed by atoms with Crippen LogP contribution in [0.3, 0.4) is 0 Å². The molecule has 1 aromatic carbocycles. The third kappa shape index (κ3) is 4.23. The van der Waals surface area contributed by atoms with E-state index in [4.69, 9.17) is 4.74 Å². The van der Waals surface area contributed by atoms with E-state index < -0.39 is 23.6 Å². The van der Waals surface area contributed by atoms with Crippen LogP contribution in [0.5, 0.6) is 0 Å². The number of anilines is 1. The number of hydrogen-bond donors (Lipinski definition) is 1. The molecule has 0 spiro atoms. The number of carbonyl (C=O) groups is 1. The summed E-state index contributed by atoms with van der Waals surface area (Å²) in [5.74, 6) is -1.27. The van der Waals surface area contributed by atoms with E-state index in [-0.39, 0.29) is 29.3 Å². The van der Waals surface area contributed by atoms with Crippen LogP contribution in [0.4, 0.5) is 23.2 Å². The first-order chi connectivity index (χ1) is 14.7. The number of nitrogens with zero attached hydrogens (tertiary/aromatic N) is 5. The zero-order valence-electron chi connectivity index (χ0n) is 15.9. The maximum Gasteiger partial charge on any atom is 0.433 e. The van der Waals surface area contributed by atoms with Gasteiger partial charge in [-0.3, -0.25) is 4.79 Å². The van der Waals surface area contributed by atoms with Gasteiger partial charge in [0.2, 0.25) is 0 Å². The van der Waals surface area contributed by atoms with E-state index in [0.717, 1.165) is 24.3 Å². The Labute approximate surface area is 172 Å². The molecular weight excluding hydrogens is 420 g/mol. The van der Waals surface area contributed by atoms with Crippen LogP contribution in [-0.2, 0) is 17.6 Å². The highest BCUT2D eigenvalue weighted by Gasteiger charge is 2.35. The van der Waals surface area contributed by atoms with Crippen molar-refractivity contribution >= 4 is 17.2 Å². The minimum Gasteiger partial charge on any atom is -0.362 e. The Morgan fingerprint density at radius 1 is 1.19 bits per heavy atom. The van der Waals surface area contributed by atoms with Crippen molar-refractivity contribution in [3.05, 3.63) is 66.0 Å². The number of rotatable bonds is 5. The zero-order valence-corrected chi connectivity index (χ0v) is 15.9. The van der Waals surface area contributed by atoms with Crippen molar-refractivity contribution in [1.82, 2.24) is 24.4 Å². The number of amides is 1. The number of halogens is 4. The van der Waals surface area contributed by atoms with Crippen molar-refractivity contribution in [2.75, 3.05) is 12.4 Å². The van der Waals surface area contributed by atoms with Crippen LogP contribution >= 0.6 is 0 Å². The fraction of sp³-hybridized carbons (Fsp3) is 0.158. The Balaban J connectivity index is 1.72. The summed E-state index contributed by atoms with van der Waals surface area (Å²) in [6, 6.07) is 6.80. The van der Waals surface area contributed by atoms with Gasteiger partial charge in [-0.05, 0) is 30.3 Å². The normalized spacial score (nSPS) is 11.8. The van der Waals surface area contributed by atoms with Gasteiger partial charge in [-0.15, -0.1) is 0 Å². The molecular formula is C19H14F4N6O2. The maximum atomic E-state index is 13.6. The quantitative estimate of drug-likeness (QED) is 0.485. The van der Waals surface area contributed by atoms with Crippen LogP contribution < -0.4 is 5.32 Å². The fourth-order valence-electron chi connectivity index (χ4n) is 2.88. The van der Waals surface area contributed by atoms with Gasteiger partial charge in [0.05, 0.1) is 23.8 Å². The van der Waals surface area contributed by atoms with Gasteiger partial charge >= 0.3 is 6.18 Å². The summed E-state index contributed by atoms with van der Waals surface area (Å²) < 4.78 is 61.0. The largest absolute Gasteiger partial charge is 0.433 e. The highest BCUT2D eigenvalue weighted by Crippen LogP contribution is 2.32. The topological polar surface area (TPSA) is 86.3 Å². The van der Waals surface area contributed by atoms with Crippen LogP contribution in [0.1, 0.15) is 16.2 Å². The van der Waals surface area contributed by atoms with Crippen LogP contribution in [0.25, 0.3) is 16.9 Å². The molecule has 31 heavy (non-hydrogen) atoms. The van der Waals surface area contributed by atoms with Gasteiger partial charge in [0.1, 0.15) is 12.5 Å². The van der Waals surface area contributed by atoms with Gasteiger partial charge < -0.3 is 10.1 Å². The summed E-state index contributed by atoms with van der Waals surface area (Å²) in [5.41, 5.74) is -1.01. The van der Waals surface area contributed by atoms with Crippen LogP contribution in [0.2, 0.25) is 0 Å². The van der Waals surface area contributed by atoms with Gasteiger partial charge in [-0.25, -0.2) is 18.6 Å². The molecule has 0 aliphatic rings. The van der Waals surface area contributed by atoms with Crippen molar-refractivity contribution in [2.24, 2.45) is 0 Å². The van der Waals surface area contributed by atoms with Crippen LogP contribution in [0, 0.1) is 5.82 Å². The van der Waals surface area contributed by atoms with E-state index in [1.54, 1.807) is 0 Å². The Bertz CT molecular complexity index is 1250. The summed E-state index contributed by atoms with van der Waals surface area (Å²) >= 11 is 0. The van der Waals surface area contributed by atoms with Crippen molar-refractivity contribution in [3.8, 4) is 11.3 Å². The fourth-order valence-corrected chi connectivity index (χ4v) is 2.88. The molecule has 0 aliphatic heterocycles. The van der Waals surface area contributed by atoms with Crippen molar-refractivity contribution in [3.63, 3.8) is 0 Å². The van der Waals surface area contributed by atoms with E-state index in [0.29, 0.717) is 10.2 Å². The van der Waals surface area contributed by atoms with Crippen molar-refractivity contribution in [1.29, 1.82) is 0 Å². The van der Waals surface area contributed by atoms with E-state index >= 15 is 0 Å². The third-order valence-electron chi connectivity index (χ3n) is 4.24. The number of methoxy groups -OCH3 is 1. The number of fused-ring (bicyclic) bond motifs is 1. The standard InChI is InChI=1S/C19H14F4N6O2/c1-31-10-28-9-13(8-24-28)25-18(30)15-7-17-26-14(11-2-4-12(20)5-3-11)6-16(19(21,22)23)29(17)27-15/h2-9H,10H2,1H3,(H,25,30). The molecule has 160 valence electrons. The van der Waals surface area contributed by atoms with E-state index in [2.05, 4.69) is 20.5 Å². The Morgan fingerprint density at radius 3 is 2.61 bits per heavy atom. The predicted octanol–water partition coefficient (Wildman–Crippen LogP) is 3.61. The molecule has 1 amide bonds. The molecule has 3 aromatic heterocycles. The monoisotopic (exact) mass is 434 g/mol. The van der Waals surface area contributed by atoms with E-state index in [1.165, 1.54) is 36.3 Å². The molecule has 3 heterocycles. The number of benzene rings is 1. The molecule has 0 atom stereocenters. The van der Waals surface area contributed by atoms with Gasteiger partial charge in [-0.2, -0.15) is 23.4 Å². The van der Waals surface area contributed by atoms with Crippen LogP contribution in [-0.4, -0.2) is 37.4 Å². The molecule has 4 rings (SSSR count). The SMILES string of the molecule is COCn1cc(NC(=O)c2cc3nc(-c4ccc(F)cc4)cc(C(F)(F)F)n3n2)cn1. The number of alkyl halides is 3. The van der Waals surface area contributed by atoms with Crippen molar-refractivity contribution in [2.45, 2.75) is 12.9 Å². The highest BCUT2D eigenvalue weighted by molar-refractivity contribution is 6.03. The average Bonchev–Trinajstić information content (AvgIpc) is 3.34. The lowest BCUT2D eigenvalue weighted by Crippen LogP contribution is -2.15. The summed E-state index contributed by atoms with van der Waals surface area (Å²) in [6.45, 7) is 0.162. The second-order valence-corrected chi connectivity index (χ2v) is 6.47. The number of aromatic nitrogens is 5. The minimum atomic E-state index is -4.77. The van der Waals surface area contributed by atoms with Crippen LogP contribution in [0.15, 0.2) is 48.8 Å². The molecule has 0 fully saturated rings. The lowest BCUT2D eigenvalue weighted by molar-refractivity contribution is -0.142. The summed E-state index contributed by atoms with van der Waals surface area (Å²) in [5, 5.41) is 10.2. The lowest BCUT2D eigenvalue weighted by Gasteiger charge is -2.11. The third-order valence-corrected chi connectivity index (χ3v) is 4.24. The minimum absolute atomic E-state index is 0.0347. The van der Waals surface area contributed by atoms with E-state index in [9.17, 15) is 22.4 Å². The molecule has 0 saturated carbocycles. The molecule has 4 aromatic rings. The Kier molecular flexibility index (Phi) is 5.15. The molecule has 0 aliphatic carbocycles. The zero-order chi connectivity index (χ0) is 22.2. The van der Waals surface area contributed by atoms with E-state index in [1.807, 2.05) is 0 Å². The first-order valence-electron chi connectivity index (χ1n) is 8.81. The molecule has 0 saturated heterocycles. The first-order valence-corrected chi connectivity index (χ1v) is 8.81. The summed E-state index contributed by atoms with van der Waals surface area (Å²) in [7, 11) is 1.47.